The van der Waals surface area contributed by atoms with Gasteiger partial charge in [0.2, 0.25) is 10.0 Å². The van der Waals surface area contributed by atoms with Crippen LogP contribution in [0.3, 0.4) is 0 Å². The maximum Gasteiger partial charge on any atom is 0.214 e. The lowest BCUT2D eigenvalue weighted by molar-refractivity contribution is 0.207. The molecule has 0 amide bonds. The van der Waals surface area contributed by atoms with Crippen molar-refractivity contribution >= 4 is 10.0 Å². The Morgan fingerprint density at radius 3 is 2.39 bits per heavy atom. The fraction of sp³-hybridized carbons (Fsp3) is 1.00. The topological polar surface area (TPSA) is 49.4 Å². The third-order valence-electron chi connectivity index (χ3n) is 3.60. The average molecular weight is 276 g/mol. The molecule has 0 saturated carbocycles. The van der Waals surface area contributed by atoms with Crippen molar-refractivity contribution in [3.05, 3.63) is 0 Å². The van der Waals surface area contributed by atoms with E-state index in [1.54, 1.807) is 4.31 Å². The zero-order chi connectivity index (χ0) is 14.0. The van der Waals surface area contributed by atoms with E-state index in [2.05, 4.69) is 12.2 Å². The van der Waals surface area contributed by atoms with Crippen LogP contribution in [0.1, 0.15) is 40.5 Å². The van der Waals surface area contributed by atoms with Crippen LogP contribution < -0.4 is 5.32 Å². The molecule has 18 heavy (non-hydrogen) atoms. The molecule has 0 spiro atoms. The number of piperidine rings is 1. The van der Waals surface area contributed by atoms with E-state index in [9.17, 15) is 8.42 Å². The predicted molar refractivity (Wildman–Crippen MR) is 76.1 cm³/mol. The van der Waals surface area contributed by atoms with Gasteiger partial charge in [-0.15, -0.1) is 0 Å². The van der Waals surface area contributed by atoms with E-state index in [1.807, 2.05) is 27.8 Å². The number of nitrogens with one attached hydrogen (secondary N) is 1. The van der Waals surface area contributed by atoms with Crippen LogP contribution in [0.2, 0.25) is 0 Å². The highest BCUT2D eigenvalue weighted by atomic mass is 32.2. The van der Waals surface area contributed by atoms with E-state index in [1.165, 1.54) is 0 Å². The summed E-state index contributed by atoms with van der Waals surface area (Å²) in [4.78, 5) is 0. The first-order valence-electron chi connectivity index (χ1n) is 6.84. The molecule has 108 valence electrons. The summed E-state index contributed by atoms with van der Waals surface area (Å²) in [5.74, 6) is 0.666. The van der Waals surface area contributed by atoms with Crippen molar-refractivity contribution < 1.29 is 8.42 Å². The lowest BCUT2D eigenvalue weighted by Gasteiger charge is -2.38. The zero-order valence-electron chi connectivity index (χ0n) is 12.4. The van der Waals surface area contributed by atoms with E-state index in [0.29, 0.717) is 25.0 Å². The minimum atomic E-state index is -3.11. The molecule has 1 rings (SSSR count). The molecule has 0 radical (unpaired) electrons. The van der Waals surface area contributed by atoms with Crippen molar-refractivity contribution in [2.24, 2.45) is 11.3 Å². The summed E-state index contributed by atoms with van der Waals surface area (Å²) in [5, 5.41) is 3.30. The van der Waals surface area contributed by atoms with E-state index in [-0.39, 0.29) is 11.2 Å². The lowest BCUT2D eigenvalue weighted by Crippen LogP contribution is -2.51. The Bertz CT molecular complexity index is 360. The molecule has 1 heterocycles. The van der Waals surface area contributed by atoms with E-state index in [4.69, 9.17) is 0 Å². The molecule has 1 aliphatic heterocycles. The molecule has 4 nitrogen and oxygen atoms in total. The number of nitrogens with zero attached hydrogens (tertiary/aromatic N) is 1. The van der Waals surface area contributed by atoms with Gasteiger partial charge in [-0.3, -0.25) is 0 Å². The molecule has 0 aromatic heterocycles. The van der Waals surface area contributed by atoms with Gasteiger partial charge in [-0.25, -0.2) is 12.7 Å². The smallest absolute Gasteiger partial charge is 0.214 e. The molecule has 1 fully saturated rings. The van der Waals surface area contributed by atoms with Gasteiger partial charge in [0, 0.05) is 19.1 Å². The van der Waals surface area contributed by atoms with Crippen LogP contribution in [0, 0.1) is 11.3 Å². The normalized spacial score (nSPS) is 27.4. The number of hydrogen-bond acceptors (Lipinski definition) is 3. The number of sulfonamides is 1. The molecule has 1 N–H and O–H groups in total. The second-order valence-electron chi connectivity index (χ2n) is 6.53. The zero-order valence-corrected chi connectivity index (χ0v) is 13.2. The first-order valence-corrected chi connectivity index (χ1v) is 8.45. The largest absolute Gasteiger partial charge is 0.317 e. The third kappa shape index (κ3) is 4.21. The lowest BCUT2D eigenvalue weighted by atomic mass is 9.91. The standard InChI is InChI=1S/C13H28N2O2S/c1-6-11-9-15(8-7-12(11)14-5)18(16,17)10-13(2,3)4/h11-12,14H,6-10H2,1-5H3. The first kappa shape index (κ1) is 15.9. The Kier molecular flexibility index (Phi) is 5.21. The van der Waals surface area contributed by atoms with Crippen molar-refractivity contribution in [1.29, 1.82) is 0 Å². The maximum atomic E-state index is 12.4. The van der Waals surface area contributed by atoms with Crippen LogP contribution in [0.25, 0.3) is 0 Å². The van der Waals surface area contributed by atoms with E-state index in [0.717, 1.165) is 12.8 Å². The Hall–Kier alpha value is -0.130. The van der Waals surface area contributed by atoms with E-state index >= 15 is 0 Å². The highest BCUT2D eigenvalue weighted by Gasteiger charge is 2.35. The monoisotopic (exact) mass is 276 g/mol. The molecule has 2 atom stereocenters. The van der Waals surface area contributed by atoms with Gasteiger partial charge in [0.1, 0.15) is 0 Å². The van der Waals surface area contributed by atoms with Gasteiger partial charge in [-0.2, -0.15) is 0 Å². The third-order valence-corrected chi connectivity index (χ3v) is 5.95. The minimum absolute atomic E-state index is 0.180. The van der Waals surface area contributed by atoms with Crippen molar-refractivity contribution in [3.8, 4) is 0 Å². The summed E-state index contributed by atoms with van der Waals surface area (Å²) in [7, 11) is -1.15. The van der Waals surface area contributed by atoms with Crippen molar-refractivity contribution in [3.63, 3.8) is 0 Å². The summed E-state index contributed by atoms with van der Waals surface area (Å²) < 4.78 is 26.4. The fourth-order valence-corrected chi connectivity index (χ4v) is 4.76. The van der Waals surface area contributed by atoms with Crippen LogP contribution >= 0.6 is 0 Å². The van der Waals surface area contributed by atoms with Gasteiger partial charge in [-0.05, 0) is 24.8 Å². The second kappa shape index (κ2) is 5.88. The van der Waals surface area contributed by atoms with Gasteiger partial charge in [0.05, 0.1) is 5.75 Å². The summed E-state index contributed by atoms with van der Waals surface area (Å²) >= 11 is 0. The van der Waals surface area contributed by atoms with Crippen LogP contribution in [0.15, 0.2) is 0 Å². The van der Waals surface area contributed by atoms with Gasteiger partial charge in [0.15, 0.2) is 0 Å². The molecular formula is C13H28N2O2S. The van der Waals surface area contributed by atoms with Crippen LogP contribution in [-0.2, 0) is 10.0 Å². The SMILES string of the molecule is CCC1CN(S(=O)(=O)CC(C)(C)C)CCC1NC. The maximum absolute atomic E-state index is 12.4. The molecule has 1 aliphatic rings. The number of hydrogen-bond donors (Lipinski definition) is 1. The van der Waals surface area contributed by atoms with Gasteiger partial charge in [-0.1, -0.05) is 34.1 Å². The van der Waals surface area contributed by atoms with Crippen LogP contribution in [0.5, 0.6) is 0 Å². The molecule has 0 bridgehead atoms. The summed E-state index contributed by atoms with van der Waals surface area (Å²) in [6.45, 7) is 9.38. The fourth-order valence-electron chi connectivity index (χ4n) is 2.68. The summed E-state index contributed by atoms with van der Waals surface area (Å²) in [5.41, 5.74) is -0.180. The molecule has 0 aromatic rings. The summed E-state index contributed by atoms with van der Waals surface area (Å²) in [6, 6.07) is 0.455. The van der Waals surface area contributed by atoms with E-state index < -0.39 is 10.0 Å². The van der Waals surface area contributed by atoms with Crippen LogP contribution in [0.4, 0.5) is 0 Å². The van der Waals surface area contributed by atoms with Crippen LogP contribution in [-0.4, -0.2) is 44.7 Å². The Morgan fingerprint density at radius 1 is 1.33 bits per heavy atom. The Morgan fingerprint density at radius 2 is 1.94 bits per heavy atom. The van der Waals surface area contributed by atoms with Crippen molar-refractivity contribution in [2.45, 2.75) is 46.6 Å². The van der Waals surface area contributed by atoms with Gasteiger partial charge < -0.3 is 5.32 Å². The molecule has 0 aromatic carbocycles. The molecule has 0 aliphatic carbocycles. The predicted octanol–water partition coefficient (Wildman–Crippen LogP) is 1.68. The minimum Gasteiger partial charge on any atom is -0.317 e. The Balaban J connectivity index is 2.74. The van der Waals surface area contributed by atoms with Crippen molar-refractivity contribution in [1.82, 2.24) is 9.62 Å². The second-order valence-corrected chi connectivity index (χ2v) is 8.50. The quantitative estimate of drug-likeness (QED) is 0.850. The number of rotatable bonds is 4. The highest BCUT2D eigenvalue weighted by Crippen LogP contribution is 2.25. The molecule has 5 heteroatoms. The van der Waals surface area contributed by atoms with Gasteiger partial charge in [0.25, 0.3) is 0 Å². The molecule has 2 unspecified atom stereocenters. The van der Waals surface area contributed by atoms with Crippen molar-refractivity contribution in [2.75, 3.05) is 25.9 Å². The Labute approximate surface area is 112 Å². The summed E-state index contributed by atoms with van der Waals surface area (Å²) in [6.07, 6.45) is 1.94. The molecular weight excluding hydrogens is 248 g/mol. The first-order chi connectivity index (χ1) is 8.19. The molecule has 1 saturated heterocycles. The van der Waals surface area contributed by atoms with Gasteiger partial charge >= 0.3 is 0 Å². The highest BCUT2D eigenvalue weighted by molar-refractivity contribution is 7.89. The average Bonchev–Trinajstić information content (AvgIpc) is 2.24.